The van der Waals surface area contributed by atoms with Crippen molar-refractivity contribution in [3.05, 3.63) is 36.0 Å². The van der Waals surface area contributed by atoms with Gasteiger partial charge in [0.05, 0.1) is 11.9 Å². The average Bonchev–Trinajstić information content (AvgIpc) is 2.34. The van der Waals surface area contributed by atoms with Crippen LogP contribution in [0.1, 0.15) is 5.56 Å². The van der Waals surface area contributed by atoms with Gasteiger partial charge in [0, 0.05) is 5.56 Å². The van der Waals surface area contributed by atoms with Crippen LogP contribution in [0.4, 0.5) is 5.69 Å². The van der Waals surface area contributed by atoms with E-state index < -0.39 is 0 Å². The van der Waals surface area contributed by atoms with Gasteiger partial charge >= 0.3 is 0 Å². The van der Waals surface area contributed by atoms with Crippen LogP contribution in [0.15, 0.2) is 30.5 Å². The molecule has 0 spiro atoms. The van der Waals surface area contributed by atoms with Crippen molar-refractivity contribution in [3.63, 3.8) is 0 Å². The molecule has 0 atom stereocenters. The summed E-state index contributed by atoms with van der Waals surface area (Å²) in [5, 5.41) is 13.1. The molecule has 0 fully saturated rings. The van der Waals surface area contributed by atoms with E-state index in [9.17, 15) is 0 Å². The number of aliphatic hydroxyl groups is 1. The molecule has 2 heteroatoms. The number of hydrogen-bond acceptors (Lipinski definition) is 1. The highest BCUT2D eigenvalue weighted by atomic mass is 16.3. The third kappa shape index (κ3) is 0.589. The Balaban J connectivity index is 2.61. The van der Waals surface area contributed by atoms with Gasteiger partial charge in [-0.1, -0.05) is 12.1 Å². The first-order valence-electron chi connectivity index (χ1n) is 3.07. The predicted molar refractivity (Wildman–Crippen MR) is 38.8 cm³/mol. The largest absolute Gasteiger partial charge is 0.506 e. The fraction of sp³-hybridized carbons (Fsp3) is 0. The van der Waals surface area contributed by atoms with Gasteiger partial charge in [0.2, 0.25) is 0 Å². The zero-order valence-corrected chi connectivity index (χ0v) is 5.28. The Bertz CT molecular complexity index is 291. The van der Waals surface area contributed by atoms with Crippen LogP contribution in [0.2, 0.25) is 0 Å². The van der Waals surface area contributed by atoms with Crippen LogP contribution in [0.25, 0.3) is 5.76 Å². The van der Waals surface area contributed by atoms with E-state index in [0.717, 1.165) is 11.3 Å². The lowest BCUT2D eigenvalue weighted by Gasteiger charge is -1.94. The number of fused-ring (bicyclic) bond motifs is 1. The van der Waals surface area contributed by atoms with Crippen molar-refractivity contribution in [1.82, 2.24) is 5.32 Å². The summed E-state index contributed by atoms with van der Waals surface area (Å²) in [5.74, 6) is 0.260. The molecule has 1 N–H and O–H groups in total. The molecule has 1 aliphatic heterocycles. The monoisotopic (exact) mass is 132 g/mol. The first-order valence-corrected chi connectivity index (χ1v) is 3.07. The van der Waals surface area contributed by atoms with Gasteiger partial charge < -0.3 is 5.11 Å². The number of hydrogen-bond donors (Lipinski definition) is 1. The SMILES string of the molecule is OC1=C[N]c2ccccc21. The number of para-hydroxylation sites is 1. The van der Waals surface area contributed by atoms with Gasteiger partial charge in [-0.25, -0.2) is 0 Å². The maximum Gasteiger partial charge on any atom is 0.143 e. The first kappa shape index (κ1) is 5.35. The number of nitrogens with zero attached hydrogens (tertiary/aromatic N) is 1. The van der Waals surface area contributed by atoms with E-state index in [0.29, 0.717) is 0 Å². The summed E-state index contributed by atoms with van der Waals surface area (Å²) in [6, 6.07) is 7.49. The molecule has 0 bridgehead atoms. The van der Waals surface area contributed by atoms with E-state index in [-0.39, 0.29) is 5.76 Å². The Morgan fingerprint density at radius 2 is 2.00 bits per heavy atom. The normalized spacial score (nSPS) is 13.8. The number of rotatable bonds is 0. The van der Waals surface area contributed by atoms with Crippen molar-refractivity contribution in [2.75, 3.05) is 0 Å². The predicted octanol–water partition coefficient (Wildman–Crippen LogP) is 1.79. The van der Waals surface area contributed by atoms with E-state index in [1.165, 1.54) is 6.20 Å². The van der Waals surface area contributed by atoms with Crippen molar-refractivity contribution in [2.24, 2.45) is 0 Å². The van der Waals surface area contributed by atoms with Crippen LogP contribution >= 0.6 is 0 Å². The van der Waals surface area contributed by atoms with Crippen molar-refractivity contribution in [3.8, 4) is 0 Å². The average molecular weight is 132 g/mol. The summed E-state index contributed by atoms with van der Waals surface area (Å²) in [6.07, 6.45) is 1.46. The summed E-state index contributed by atoms with van der Waals surface area (Å²) in [6.45, 7) is 0. The summed E-state index contributed by atoms with van der Waals surface area (Å²) in [4.78, 5) is 0. The minimum Gasteiger partial charge on any atom is -0.506 e. The van der Waals surface area contributed by atoms with Crippen molar-refractivity contribution < 1.29 is 5.11 Å². The van der Waals surface area contributed by atoms with Crippen LogP contribution in [0.5, 0.6) is 0 Å². The van der Waals surface area contributed by atoms with Crippen LogP contribution < -0.4 is 5.32 Å². The quantitative estimate of drug-likeness (QED) is 0.573. The van der Waals surface area contributed by atoms with E-state index in [1.54, 1.807) is 0 Å². The molecule has 0 unspecified atom stereocenters. The fourth-order valence-corrected chi connectivity index (χ4v) is 1.00. The summed E-state index contributed by atoms with van der Waals surface area (Å²) in [7, 11) is 0. The lowest BCUT2D eigenvalue weighted by Crippen LogP contribution is -1.79. The van der Waals surface area contributed by atoms with Gasteiger partial charge in [-0.05, 0) is 12.1 Å². The summed E-state index contributed by atoms with van der Waals surface area (Å²) >= 11 is 0. The van der Waals surface area contributed by atoms with Gasteiger partial charge in [0.25, 0.3) is 0 Å². The molecule has 49 valence electrons. The Labute approximate surface area is 58.8 Å². The van der Waals surface area contributed by atoms with Crippen LogP contribution in [-0.2, 0) is 0 Å². The van der Waals surface area contributed by atoms with E-state index in [1.807, 2.05) is 24.3 Å². The molecular formula is C8H6NO. The van der Waals surface area contributed by atoms with Crippen LogP contribution in [0.3, 0.4) is 0 Å². The maximum absolute atomic E-state index is 9.15. The summed E-state index contributed by atoms with van der Waals surface area (Å²) < 4.78 is 0. The molecule has 0 amide bonds. The van der Waals surface area contributed by atoms with Crippen molar-refractivity contribution >= 4 is 11.4 Å². The second-order valence-corrected chi connectivity index (χ2v) is 2.16. The van der Waals surface area contributed by atoms with Crippen LogP contribution in [0, 0.1) is 0 Å². The molecule has 1 heterocycles. The zero-order valence-electron chi connectivity index (χ0n) is 5.28. The van der Waals surface area contributed by atoms with Gasteiger partial charge in [-0.3, -0.25) is 5.32 Å². The third-order valence-corrected chi connectivity index (χ3v) is 1.51. The standard InChI is InChI=1S/C8H6NO/c10-8-5-9-7-4-2-1-3-6(7)8/h1-5,10H. The lowest BCUT2D eigenvalue weighted by molar-refractivity contribution is 0.513. The maximum atomic E-state index is 9.15. The first-order chi connectivity index (χ1) is 4.88. The highest BCUT2D eigenvalue weighted by Crippen LogP contribution is 2.26. The molecule has 0 aliphatic carbocycles. The molecular weight excluding hydrogens is 126 g/mol. The van der Waals surface area contributed by atoms with E-state index >= 15 is 0 Å². The van der Waals surface area contributed by atoms with E-state index in [4.69, 9.17) is 5.11 Å². The lowest BCUT2D eigenvalue weighted by atomic mass is 10.2. The molecule has 0 aromatic heterocycles. The molecule has 1 radical (unpaired) electrons. The second kappa shape index (κ2) is 1.77. The second-order valence-electron chi connectivity index (χ2n) is 2.16. The molecule has 1 aromatic carbocycles. The topological polar surface area (TPSA) is 34.3 Å². The Hall–Kier alpha value is -1.44. The molecule has 2 nitrogen and oxygen atoms in total. The molecule has 0 saturated carbocycles. The Kier molecular flexibility index (Phi) is 0.947. The highest BCUT2D eigenvalue weighted by molar-refractivity contribution is 5.74. The highest BCUT2D eigenvalue weighted by Gasteiger charge is 2.11. The molecule has 2 rings (SSSR count). The zero-order chi connectivity index (χ0) is 6.97. The van der Waals surface area contributed by atoms with Gasteiger partial charge in [-0.15, -0.1) is 0 Å². The van der Waals surface area contributed by atoms with Crippen molar-refractivity contribution in [2.45, 2.75) is 0 Å². The summed E-state index contributed by atoms with van der Waals surface area (Å²) in [5.41, 5.74) is 1.67. The Morgan fingerprint density at radius 3 is 2.80 bits per heavy atom. The van der Waals surface area contributed by atoms with E-state index in [2.05, 4.69) is 5.32 Å². The number of benzene rings is 1. The minimum absolute atomic E-state index is 0.260. The Morgan fingerprint density at radius 1 is 1.20 bits per heavy atom. The van der Waals surface area contributed by atoms with Gasteiger partial charge in [-0.2, -0.15) is 0 Å². The molecule has 1 aromatic rings. The third-order valence-electron chi connectivity index (χ3n) is 1.51. The molecule has 1 aliphatic rings. The minimum atomic E-state index is 0.260. The number of aliphatic hydroxyl groups excluding tert-OH is 1. The van der Waals surface area contributed by atoms with Gasteiger partial charge in [0.1, 0.15) is 5.76 Å². The smallest absolute Gasteiger partial charge is 0.143 e. The van der Waals surface area contributed by atoms with Crippen LogP contribution in [-0.4, -0.2) is 5.11 Å². The molecule has 10 heavy (non-hydrogen) atoms. The van der Waals surface area contributed by atoms with Crippen molar-refractivity contribution in [1.29, 1.82) is 0 Å². The fourth-order valence-electron chi connectivity index (χ4n) is 1.00. The van der Waals surface area contributed by atoms with Gasteiger partial charge in [0.15, 0.2) is 0 Å². The molecule has 0 saturated heterocycles.